The Labute approximate surface area is 291 Å². The molecule has 0 bridgehead atoms. The van der Waals surface area contributed by atoms with Gasteiger partial charge in [-0.2, -0.15) is 0 Å². The van der Waals surface area contributed by atoms with Crippen LogP contribution in [0.4, 0.5) is 0 Å². The van der Waals surface area contributed by atoms with Crippen LogP contribution in [0.3, 0.4) is 0 Å². The summed E-state index contributed by atoms with van der Waals surface area (Å²) in [4.78, 5) is 23.0. The van der Waals surface area contributed by atoms with Gasteiger partial charge < -0.3 is 34.2 Å². The molecule has 0 aliphatic rings. The van der Waals surface area contributed by atoms with E-state index in [4.69, 9.17) is 29.4 Å². The molecule has 0 aromatic rings. The highest BCUT2D eigenvalue weighted by Crippen LogP contribution is 2.36. The van der Waals surface area contributed by atoms with Crippen molar-refractivity contribution in [3.8, 4) is 0 Å². The van der Waals surface area contributed by atoms with Crippen molar-refractivity contribution in [3.05, 3.63) is 12.7 Å². The van der Waals surface area contributed by atoms with Crippen molar-refractivity contribution in [1.29, 1.82) is 0 Å². The van der Waals surface area contributed by atoms with Gasteiger partial charge in [-0.3, -0.25) is 0 Å². The second-order valence-electron chi connectivity index (χ2n) is 14.5. The summed E-state index contributed by atoms with van der Waals surface area (Å²) in [7, 11) is -19.2. The molecule has 0 heterocycles. The Hall–Kier alpha value is 0.448. The molecule has 0 saturated heterocycles. The van der Waals surface area contributed by atoms with Gasteiger partial charge in [0.15, 0.2) is 0 Å². The molecule has 0 aromatic heterocycles. The number of esters is 1. The summed E-state index contributed by atoms with van der Waals surface area (Å²) in [6.45, 7) is 33.3. The van der Waals surface area contributed by atoms with Crippen LogP contribution in [0.25, 0.3) is 0 Å². The molecule has 0 aliphatic carbocycles. The Morgan fingerprint density at radius 2 is 0.804 bits per heavy atom. The molecule has 9 nitrogen and oxygen atoms in total. The second kappa shape index (κ2) is 20.3. The predicted molar refractivity (Wildman–Crippen MR) is 208 cm³/mol. The van der Waals surface area contributed by atoms with Gasteiger partial charge in [0.2, 0.25) is 8.32 Å². The number of rotatable bonds is 27. The van der Waals surface area contributed by atoms with E-state index in [1.165, 1.54) is 6.08 Å². The van der Waals surface area contributed by atoms with E-state index in [9.17, 15) is 9.59 Å². The number of ether oxygens (including phenoxy) is 1. The predicted octanol–water partition coefficient (Wildman–Crippen LogP) is 9.44. The van der Waals surface area contributed by atoms with Crippen LogP contribution in [-0.4, -0.2) is 76.7 Å². The fourth-order valence-electron chi connectivity index (χ4n) is 6.61. The number of carbonyl (C=O) groups is 1. The smallest absolute Gasteiger partial charge is 0.329 e. The highest BCUT2D eigenvalue weighted by atomic mass is 28.5. The summed E-state index contributed by atoms with van der Waals surface area (Å²) in [5, 5.41) is 0. The van der Waals surface area contributed by atoms with Crippen molar-refractivity contribution in [3.63, 3.8) is 0 Å². The first-order valence-electron chi connectivity index (χ1n) is 17.8. The van der Waals surface area contributed by atoms with Crippen LogP contribution in [0.1, 0.15) is 80.1 Å². The van der Waals surface area contributed by atoms with Crippen molar-refractivity contribution in [2.45, 2.75) is 169 Å². The van der Waals surface area contributed by atoms with Crippen LogP contribution in [0, 0.1) is 0 Å². The van der Waals surface area contributed by atoms with E-state index < -0.39 is 65.7 Å². The number of carbonyl (C=O) groups excluding carboxylic acids is 1. The van der Waals surface area contributed by atoms with Gasteiger partial charge in [-0.05, 0) is 88.6 Å². The van der Waals surface area contributed by atoms with Crippen LogP contribution >= 0.6 is 0 Å². The SMILES string of the molecule is C=CC(=O)OC[Si](C)(C)O[Si](C)(CCC)O[Si](C)(CCC)O[Si](C)(CCC)O[Si](C)(CCC)O[Si](C)(CCC)O[Si](C)(O)CCC. The fraction of sp³-hybridized carbons (Fsp3) is 0.900. The van der Waals surface area contributed by atoms with E-state index in [1.54, 1.807) is 0 Å². The van der Waals surface area contributed by atoms with Crippen LogP contribution in [0.15, 0.2) is 12.7 Å². The van der Waals surface area contributed by atoms with Crippen LogP contribution < -0.4 is 0 Å². The van der Waals surface area contributed by atoms with Gasteiger partial charge in [-0.15, -0.1) is 0 Å². The zero-order chi connectivity index (χ0) is 35.9. The fourth-order valence-corrected chi connectivity index (χ4v) is 43.0. The molecule has 6 atom stereocenters. The van der Waals surface area contributed by atoms with Gasteiger partial charge in [0.25, 0.3) is 0 Å². The molecule has 0 radical (unpaired) electrons. The maximum atomic E-state index is 11.8. The first-order valence-corrected chi connectivity index (χ1v) is 36.1. The maximum absolute atomic E-state index is 11.8. The van der Waals surface area contributed by atoms with Gasteiger partial charge in [0.05, 0.1) is 0 Å². The molecule has 0 aromatic carbocycles. The van der Waals surface area contributed by atoms with E-state index in [0.717, 1.165) is 68.7 Å². The minimum atomic E-state index is -2.86. The normalized spacial score (nSPS) is 20.3. The molecule has 6 unspecified atom stereocenters. The second-order valence-corrected chi connectivity index (χ2v) is 39.9. The summed E-state index contributed by atoms with van der Waals surface area (Å²) in [6, 6.07) is 4.82. The summed E-state index contributed by atoms with van der Waals surface area (Å²) < 4.78 is 48.0. The molecule has 0 amide bonds. The largest absolute Gasteiger partial charge is 0.463 e. The zero-order valence-corrected chi connectivity index (χ0v) is 39.2. The van der Waals surface area contributed by atoms with Gasteiger partial charge in [-0.1, -0.05) is 86.6 Å². The van der Waals surface area contributed by atoms with E-state index in [0.29, 0.717) is 6.04 Å². The lowest BCUT2D eigenvalue weighted by Gasteiger charge is -2.47. The zero-order valence-electron chi connectivity index (χ0n) is 32.2. The third-order valence-electron chi connectivity index (χ3n) is 7.62. The van der Waals surface area contributed by atoms with Crippen molar-refractivity contribution in [1.82, 2.24) is 0 Å². The lowest BCUT2D eigenvalue weighted by Crippen LogP contribution is -2.64. The molecule has 0 saturated carbocycles. The lowest BCUT2D eigenvalue weighted by molar-refractivity contribution is -0.136. The molecule has 16 heteroatoms. The lowest BCUT2D eigenvalue weighted by atomic mass is 10.6. The molecule has 0 fully saturated rings. The van der Waals surface area contributed by atoms with E-state index in [-0.39, 0.29) is 6.23 Å². The maximum Gasteiger partial charge on any atom is 0.329 e. The Balaban J connectivity index is 6.52. The summed E-state index contributed by atoms with van der Waals surface area (Å²) in [5.74, 6) is -0.433. The van der Waals surface area contributed by atoms with Gasteiger partial charge in [0.1, 0.15) is 6.23 Å². The molecule has 274 valence electrons. The minimum Gasteiger partial charge on any atom is -0.463 e. The topological polar surface area (TPSA) is 102 Å². The van der Waals surface area contributed by atoms with E-state index >= 15 is 0 Å². The highest BCUT2D eigenvalue weighted by Gasteiger charge is 2.54. The Morgan fingerprint density at radius 3 is 1.09 bits per heavy atom. The van der Waals surface area contributed by atoms with Crippen molar-refractivity contribution >= 4 is 65.7 Å². The first-order chi connectivity index (χ1) is 21.1. The van der Waals surface area contributed by atoms with Crippen molar-refractivity contribution in [2.24, 2.45) is 0 Å². The van der Waals surface area contributed by atoms with E-state index in [2.05, 4.69) is 94.0 Å². The monoisotopic (exact) mass is 772 g/mol. The standard InChI is InChI=1S/C30H72O9Si7/c1-16-23-41(10,32)35-43(12,25-18-3)37-45(14,27-20-5)39-46(15,28-21-6)38-44(13,26-19-4)36-42(11,24-17-2)34-40(8,9)29-33-30(31)22-7/h22,32H,7,16-21,23-29H2,1-6,8-15H3. The Kier molecular flexibility index (Phi) is 20.5. The molecule has 0 aliphatic heterocycles. The third-order valence-corrected chi connectivity index (χ3v) is 38.2. The van der Waals surface area contributed by atoms with Crippen molar-refractivity contribution in [2.75, 3.05) is 6.23 Å². The van der Waals surface area contributed by atoms with Crippen LogP contribution in [-0.2, 0) is 34.2 Å². The summed E-state index contributed by atoms with van der Waals surface area (Å²) >= 11 is 0. The minimum absolute atomic E-state index is 0.251. The number of hydrogen-bond acceptors (Lipinski definition) is 9. The van der Waals surface area contributed by atoms with Crippen molar-refractivity contribution < 1.29 is 39.0 Å². The Bertz CT molecular complexity index is 918. The average Bonchev–Trinajstić information content (AvgIpc) is 2.85. The average molecular weight is 773 g/mol. The molecular formula is C30H72O9Si7. The first kappa shape index (κ1) is 46.4. The van der Waals surface area contributed by atoms with Gasteiger partial charge in [0, 0.05) is 6.08 Å². The molecular weight excluding hydrogens is 701 g/mol. The number of hydrogen-bond donors (Lipinski definition) is 1. The molecule has 0 rings (SSSR count). The quantitative estimate of drug-likeness (QED) is 0.0497. The summed E-state index contributed by atoms with van der Waals surface area (Å²) in [6.07, 6.45) is 6.98. The molecule has 46 heavy (non-hydrogen) atoms. The van der Waals surface area contributed by atoms with Gasteiger partial charge in [-0.25, -0.2) is 4.79 Å². The third kappa shape index (κ3) is 17.9. The molecule has 1 N–H and O–H groups in total. The summed E-state index contributed by atoms with van der Waals surface area (Å²) in [5.41, 5.74) is 0. The Morgan fingerprint density at radius 1 is 0.522 bits per heavy atom. The van der Waals surface area contributed by atoms with Crippen LogP contribution in [0.2, 0.25) is 88.6 Å². The van der Waals surface area contributed by atoms with Crippen LogP contribution in [0.5, 0.6) is 0 Å². The molecule has 0 spiro atoms. The highest BCUT2D eigenvalue weighted by molar-refractivity contribution is 6.92. The van der Waals surface area contributed by atoms with E-state index in [1.807, 2.05) is 6.55 Å². The van der Waals surface area contributed by atoms with Gasteiger partial charge >= 0.3 is 57.3 Å².